The highest BCUT2D eigenvalue weighted by atomic mass is 16.3. The van der Waals surface area contributed by atoms with Crippen molar-refractivity contribution < 1.29 is 14.7 Å². The van der Waals surface area contributed by atoms with Crippen LogP contribution in [0.15, 0.2) is 0 Å². The van der Waals surface area contributed by atoms with Crippen molar-refractivity contribution in [2.24, 2.45) is 11.7 Å². The summed E-state index contributed by atoms with van der Waals surface area (Å²) < 4.78 is 0. The first-order valence-corrected chi connectivity index (χ1v) is 5.94. The highest BCUT2D eigenvalue weighted by Crippen LogP contribution is 2.25. The van der Waals surface area contributed by atoms with Gasteiger partial charge in [0.25, 0.3) is 0 Å². The fraction of sp³-hybridized carbons (Fsp3) is 0.818. The number of hydrogen-bond acceptors (Lipinski definition) is 3. The van der Waals surface area contributed by atoms with E-state index in [-0.39, 0.29) is 11.8 Å². The summed E-state index contributed by atoms with van der Waals surface area (Å²) in [4.78, 5) is 26.3. The van der Waals surface area contributed by atoms with Crippen molar-refractivity contribution in [2.75, 3.05) is 26.2 Å². The minimum atomic E-state index is -0.742. The first-order chi connectivity index (χ1) is 7.89. The summed E-state index contributed by atoms with van der Waals surface area (Å²) >= 11 is 0. The van der Waals surface area contributed by atoms with Gasteiger partial charge >= 0.3 is 6.03 Å². The Labute approximate surface area is 100 Å². The van der Waals surface area contributed by atoms with E-state index in [2.05, 4.69) is 0 Å². The largest absolute Gasteiger partial charge is 0.386 e. The summed E-state index contributed by atoms with van der Waals surface area (Å²) in [7, 11) is 0. The number of likely N-dealkylation sites (tertiary alicyclic amines) is 2. The van der Waals surface area contributed by atoms with Crippen LogP contribution in [0.25, 0.3) is 0 Å². The Morgan fingerprint density at radius 1 is 1.35 bits per heavy atom. The first kappa shape index (κ1) is 12.2. The third-order valence-electron chi connectivity index (χ3n) is 3.46. The number of hydrogen-bond donors (Lipinski definition) is 2. The van der Waals surface area contributed by atoms with E-state index < -0.39 is 11.6 Å². The lowest BCUT2D eigenvalue weighted by atomic mass is 9.91. The average molecular weight is 241 g/mol. The number of carbonyl (C=O) groups excluding carboxylic acids is 2. The number of urea groups is 1. The summed E-state index contributed by atoms with van der Waals surface area (Å²) in [6.07, 6.45) is 1.60. The zero-order valence-corrected chi connectivity index (χ0v) is 10.1. The van der Waals surface area contributed by atoms with Crippen LogP contribution in [0, 0.1) is 5.92 Å². The highest BCUT2D eigenvalue weighted by Gasteiger charge is 2.42. The molecule has 2 aliphatic rings. The van der Waals surface area contributed by atoms with Gasteiger partial charge in [-0.3, -0.25) is 4.79 Å². The van der Waals surface area contributed by atoms with Gasteiger partial charge in [-0.2, -0.15) is 0 Å². The van der Waals surface area contributed by atoms with Crippen LogP contribution in [0.5, 0.6) is 0 Å². The van der Waals surface area contributed by atoms with Crippen LogP contribution in [0.2, 0.25) is 0 Å². The number of aliphatic hydroxyl groups is 1. The maximum atomic E-state index is 12.1. The number of nitrogens with two attached hydrogens (primary N) is 1. The van der Waals surface area contributed by atoms with Crippen molar-refractivity contribution in [1.82, 2.24) is 9.80 Å². The SMILES string of the molecule is CC1(O)CN(C(=O)C2CCCN(C(N)=O)C2)C1. The Bertz CT molecular complexity index is 335. The molecule has 2 heterocycles. The summed E-state index contributed by atoms with van der Waals surface area (Å²) in [5.41, 5.74) is 4.47. The van der Waals surface area contributed by atoms with E-state index in [9.17, 15) is 14.7 Å². The first-order valence-electron chi connectivity index (χ1n) is 5.94. The number of piperidine rings is 1. The number of β-amino-alcohol motifs (C(OH)–C–C–N with tert-alkyl or cyclic N) is 1. The van der Waals surface area contributed by atoms with Crippen molar-refractivity contribution in [3.05, 3.63) is 0 Å². The van der Waals surface area contributed by atoms with Crippen molar-refractivity contribution >= 4 is 11.9 Å². The Morgan fingerprint density at radius 3 is 2.53 bits per heavy atom. The molecule has 6 nitrogen and oxygen atoms in total. The topological polar surface area (TPSA) is 86.9 Å². The zero-order chi connectivity index (χ0) is 12.6. The van der Waals surface area contributed by atoms with Gasteiger partial charge in [0.1, 0.15) is 0 Å². The highest BCUT2D eigenvalue weighted by molar-refractivity contribution is 5.81. The standard InChI is InChI=1S/C11H19N3O3/c1-11(17)6-14(7-11)9(15)8-3-2-4-13(5-8)10(12)16/h8,17H,2-7H2,1H3,(H2,12,16). The maximum Gasteiger partial charge on any atom is 0.314 e. The van der Waals surface area contributed by atoms with Crippen molar-refractivity contribution in [3.8, 4) is 0 Å². The molecule has 0 aliphatic carbocycles. The van der Waals surface area contributed by atoms with Gasteiger partial charge in [-0.15, -0.1) is 0 Å². The molecule has 1 atom stereocenters. The number of nitrogens with zero attached hydrogens (tertiary/aromatic N) is 2. The Kier molecular flexibility index (Phi) is 2.99. The van der Waals surface area contributed by atoms with Gasteiger partial charge < -0.3 is 20.6 Å². The van der Waals surface area contributed by atoms with Gasteiger partial charge in [-0.25, -0.2) is 4.79 Å². The summed E-state index contributed by atoms with van der Waals surface area (Å²) in [6, 6.07) is -0.460. The average Bonchev–Trinajstić information content (AvgIpc) is 2.25. The molecule has 17 heavy (non-hydrogen) atoms. The van der Waals surface area contributed by atoms with Crippen LogP contribution in [0.3, 0.4) is 0 Å². The number of carbonyl (C=O) groups is 2. The molecule has 0 spiro atoms. The molecule has 0 aromatic heterocycles. The fourth-order valence-corrected chi connectivity index (χ4v) is 2.57. The van der Waals surface area contributed by atoms with Gasteiger partial charge in [-0.05, 0) is 19.8 Å². The quantitative estimate of drug-likeness (QED) is 0.641. The van der Waals surface area contributed by atoms with Gasteiger partial charge in [0.05, 0.1) is 24.6 Å². The Balaban J connectivity index is 1.90. The smallest absolute Gasteiger partial charge is 0.314 e. The second-order valence-corrected chi connectivity index (χ2v) is 5.31. The van der Waals surface area contributed by atoms with Crippen LogP contribution in [0.1, 0.15) is 19.8 Å². The summed E-state index contributed by atoms with van der Waals surface area (Å²) in [5, 5.41) is 9.59. The molecule has 3 amide bonds. The predicted octanol–water partition coefficient (Wildman–Crippen LogP) is -0.630. The summed E-state index contributed by atoms with van der Waals surface area (Å²) in [6.45, 7) is 3.54. The van der Waals surface area contributed by atoms with Crippen LogP contribution in [0.4, 0.5) is 4.79 Å². The molecule has 6 heteroatoms. The lowest BCUT2D eigenvalue weighted by Gasteiger charge is -2.46. The molecule has 96 valence electrons. The van der Waals surface area contributed by atoms with Crippen LogP contribution in [-0.2, 0) is 4.79 Å². The van der Waals surface area contributed by atoms with Gasteiger partial charge in [-0.1, -0.05) is 0 Å². The lowest BCUT2D eigenvalue weighted by Crippen LogP contribution is -2.63. The molecule has 0 radical (unpaired) electrons. The molecule has 3 N–H and O–H groups in total. The molecular weight excluding hydrogens is 222 g/mol. The second kappa shape index (κ2) is 4.18. The molecule has 2 saturated heterocycles. The number of primary amides is 1. The third-order valence-corrected chi connectivity index (χ3v) is 3.46. The monoisotopic (exact) mass is 241 g/mol. The van der Waals surface area contributed by atoms with Crippen molar-refractivity contribution in [2.45, 2.75) is 25.4 Å². The molecule has 0 saturated carbocycles. The number of rotatable bonds is 1. The lowest BCUT2D eigenvalue weighted by molar-refractivity contribution is -0.157. The van der Waals surface area contributed by atoms with E-state index in [4.69, 9.17) is 5.73 Å². The third kappa shape index (κ3) is 2.52. The van der Waals surface area contributed by atoms with Crippen LogP contribution in [-0.4, -0.2) is 58.6 Å². The Morgan fingerprint density at radius 2 is 2.00 bits per heavy atom. The zero-order valence-electron chi connectivity index (χ0n) is 10.1. The number of amides is 3. The maximum absolute atomic E-state index is 12.1. The van der Waals surface area contributed by atoms with Crippen LogP contribution >= 0.6 is 0 Å². The van der Waals surface area contributed by atoms with E-state index in [0.29, 0.717) is 26.2 Å². The molecule has 0 aromatic carbocycles. The van der Waals surface area contributed by atoms with E-state index in [1.54, 1.807) is 11.8 Å². The minimum Gasteiger partial charge on any atom is -0.386 e. The van der Waals surface area contributed by atoms with Gasteiger partial charge in [0, 0.05) is 13.1 Å². The van der Waals surface area contributed by atoms with Crippen molar-refractivity contribution in [3.63, 3.8) is 0 Å². The normalized spacial score (nSPS) is 27.5. The molecule has 1 unspecified atom stereocenters. The fourth-order valence-electron chi connectivity index (χ4n) is 2.57. The summed E-state index contributed by atoms with van der Waals surface area (Å²) in [5.74, 6) is -0.130. The van der Waals surface area contributed by atoms with E-state index in [0.717, 1.165) is 12.8 Å². The molecule has 2 aliphatic heterocycles. The Hall–Kier alpha value is -1.30. The molecule has 2 rings (SSSR count). The molecule has 0 aromatic rings. The van der Waals surface area contributed by atoms with E-state index in [1.165, 1.54) is 4.90 Å². The molecular formula is C11H19N3O3. The van der Waals surface area contributed by atoms with E-state index >= 15 is 0 Å². The van der Waals surface area contributed by atoms with E-state index in [1.807, 2.05) is 0 Å². The van der Waals surface area contributed by atoms with Crippen molar-refractivity contribution in [1.29, 1.82) is 0 Å². The molecule has 2 fully saturated rings. The van der Waals surface area contributed by atoms with Crippen LogP contribution < -0.4 is 5.73 Å². The van der Waals surface area contributed by atoms with Gasteiger partial charge in [0.15, 0.2) is 0 Å². The van der Waals surface area contributed by atoms with Gasteiger partial charge in [0.2, 0.25) is 5.91 Å². The second-order valence-electron chi connectivity index (χ2n) is 5.31. The predicted molar refractivity (Wildman–Crippen MR) is 61.1 cm³/mol. The minimum absolute atomic E-state index is 0.0301. The molecule has 0 bridgehead atoms.